The number of amides is 1. The van der Waals surface area contributed by atoms with E-state index in [0.29, 0.717) is 0 Å². The Bertz CT molecular complexity index is 194. The van der Waals surface area contributed by atoms with Crippen molar-refractivity contribution in [3.05, 3.63) is 0 Å². The summed E-state index contributed by atoms with van der Waals surface area (Å²) in [7, 11) is 0. The first-order valence-electron chi connectivity index (χ1n) is 6.30. The van der Waals surface area contributed by atoms with Crippen LogP contribution in [0, 0.1) is 5.92 Å². The maximum absolute atomic E-state index is 10.6. The van der Waals surface area contributed by atoms with E-state index in [9.17, 15) is 4.79 Å². The van der Waals surface area contributed by atoms with Crippen molar-refractivity contribution in [2.24, 2.45) is 5.92 Å². The van der Waals surface area contributed by atoms with Gasteiger partial charge in [0.05, 0.1) is 0 Å². The SMILES string of the molecule is O=CN1CCC(CN2CCCCC2)CC1. The van der Waals surface area contributed by atoms with Gasteiger partial charge in [0, 0.05) is 19.6 Å². The van der Waals surface area contributed by atoms with Crippen LogP contribution in [0.2, 0.25) is 0 Å². The Hall–Kier alpha value is -0.570. The topological polar surface area (TPSA) is 23.6 Å². The summed E-state index contributed by atoms with van der Waals surface area (Å²) >= 11 is 0. The highest BCUT2D eigenvalue weighted by Gasteiger charge is 2.21. The van der Waals surface area contributed by atoms with Crippen molar-refractivity contribution < 1.29 is 4.79 Å². The van der Waals surface area contributed by atoms with Gasteiger partial charge in [-0.15, -0.1) is 0 Å². The molecule has 0 N–H and O–H groups in total. The summed E-state index contributed by atoms with van der Waals surface area (Å²) in [5.74, 6) is 0.833. The van der Waals surface area contributed by atoms with Crippen LogP contribution in [0.15, 0.2) is 0 Å². The fourth-order valence-corrected chi connectivity index (χ4v) is 2.75. The van der Waals surface area contributed by atoms with Crippen LogP contribution < -0.4 is 0 Å². The van der Waals surface area contributed by atoms with E-state index < -0.39 is 0 Å². The molecule has 0 saturated carbocycles. The van der Waals surface area contributed by atoms with E-state index in [-0.39, 0.29) is 0 Å². The Balaban J connectivity index is 1.69. The van der Waals surface area contributed by atoms with Gasteiger partial charge in [-0.2, -0.15) is 0 Å². The van der Waals surface area contributed by atoms with Crippen molar-refractivity contribution in [2.75, 3.05) is 32.7 Å². The van der Waals surface area contributed by atoms with Gasteiger partial charge >= 0.3 is 0 Å². The highest BCUT2D eigenvalue weighted by Crippen LogP contribution is 2.19. The van der Waals surface area contributed by atoms with E-state index in [1.165, 1.54) is 51.7 Å². The summed E-state index contributed by atoms with van der Waals surface area (Å²) in [6, 6.07) is 0. The number of carbonyl (C=O) groups excluding carboxylic acids is 1. The molecule has 2 saturated heterocycles. The first kappa shape index (κ1) is 10.9. The minimum Gasteiger partial charge on any atom is -0.345 e. The molecule has 0 unspecified atom stereocenters. The van der Waals surface area contributed by atoms with Crippen molar-refractivity contribution in [1.82, 2.24) is 9.80 Å². The van der Waals surface area contributed by atoms with Crippen LogP contribution >= 0.6 is 0 Å². The Morgan fingerprint density at radius 1 is 1.00 bits per heavy atom. The van der Waals surface area contributed by atoms with Gasteiger partial charge in [0.25, 0.3) is 0 Å². The molecule has 2 heterocycles. The Morgan fingerprint density at radius 3 is 2.27 bits per heavy atom. The van der Waals surface area contributed by atoms with Crippen molar-refractivity contribution in [1.29, 1.82) is 0 Å². The second kappa shape index (κ2) is 5.50. The smallest absolute Gasteiger partial charge is 0.209 e. The average Bonchev–Trinajstić information content (AvgIpc) is 2.31. The highest BCUT2D eigenvalue weighted by atomic mass is 16.1. The van der Waals surface area contributed by atoms with E-state index in [4.69, 9.17) is 0 Å². The van der Waals surface area contributed by atoms with Gasteiger partial charge in [-0.25, -0.2) is 0 Å². The number of nitrogens with zero attached hydrogens (tertiary/aromatic N) is 2. The van der Waals surface area contributed by atoms with Crippen LogP contribution in [0.3, 0.4) is 0 Å². The summed E-state index contributed by atoms with van der Waals surface area (Å²) in [5, 5.41) is 0. The maximum atomic E-state index is 10.6. The number of likely N-dealkylation sites (tertiary alicyclic amines) is 2. The molecular weight excluding hydrogens is 188 g/mol. The van der Waals surface area contributed by atoms with E-state index in [2.05, 4.69) is 4.90 Å². The minimum atomic E-state index is 0.833. The van der Waals surface area contributed by atoms with Crippen LogP contribution in [-0.4, -0.2) is 48.9 Å². The molecule has 3 heteroatoms. The van der Waals surface area contributed by atoms with Crippen molar-refractivity contribution in [3.8, 4) is 0 Å². The summed E-state index contributed by atoms with van der Waals surface area (Å²) in [5.41, 5.74) is 0. The zero-order chi connectivity index (χ0) is 10.5. The first-order chi connectivity index (χ1) is 7.38. The van der Waals surface area contributed by atoms with E-state index in [1.54, 1.807) is 0 Å². The Labute approximate surface area is 92.4 Å². The molecule has 0 aromatic heterocycles. The molecule has 2 rings (SSSR count). The summed E-state index contributed by atoms with van der Waals surface area (Å²) in [4.78, 5) is 15.1. The van der Waals surface area contributed by atoms with Crippen LogP contribution in [0.25, 0.3) is 0 Å². The fourth-order valence-electron chi connectivity index (χ4n) is 2.75. The molecule has 15 heavy (non-hydrogen) atoms. The van der Waals surface area contributed by atoms with Crippen molar-refractivity contribution >= 4 is 6.41 Å². The summed E-state index contributed by atoms with van der Waals surface area (Å²) in [6.07, 6.45) is 7.59. The molecular formula is C12H22N2O. The maximum Gasteiger partial charge on any atom is 0.209 e. The van der Waals surface area contributed by atoms with Crippen LogP contribution in [0.1, 0.15) is 32.1 Å². The number of rotatable bonds is 3. The second-order valence-electron chi connectivity index (χ2n) is 4.95. The van der Waals surface area contributed by atoms with Gasteiger partial charge in [0.1, 0.15) is 0 Å². The molecule has 2 aliphatic heterocycles. The van der Waals surface area contributed by atoms with E-state index >= 15 is 0 Å². The number of carbonyl (C=O) groups is 1. The molecule has 2 fully saturated rings. The lowest BCUT2D eigenvalue weighted by atomic mass is 9.95. The molecule has 1 amide bonds. The van der Waals surface area contributed by atoms with Gasteiger partial charge in [-0.05, 0) is 44.7 Å². The van der Waals surface area contributed by atoms with Crippen LogP contribution in [0.5, 0.6) is 0 Å². The predicted octanol–water partition coefficient (Wildman–Crippen LogP) is 1.34. The lowest BCUT2D eigenvalue weighted by molar-refractivity contribution is -0.119. The summed E-state index contributed by atoms with van der Waals surface area (Å²) in [6.45, 7) is 5.82. The molecule has 0 bridgehead atoms. The third-order valence-electron chi connectivity index (χ3n) is 3.76. The number of piperidine rings is 2. The largest absolute Gasteiger partial charge is 0.345 e. The third-order valence-corrected chi connectivity index (χ3v) is 3.76. The predicted molar refractivity (Wildman–Crippen MR) is 60.7 cm³/mol. The summed E-state index contributed by atoms with van der Waals surface area (Å²) < 4.78 is 0. The molecule has 0 aromatic carbocycles. The lowest BCUT2D eigenvalue weighted by Crippen LogP contribution is -2.39. The van der Waals surface area contributed by atoms with Gasteiger partial charge in [-0.1, -0.05) is 6.42 Å². The first-order valence-corrected chi connectivity index (χ1v) is 6.30. The normalized spacial score (nSPS) is 25.5. The second-order valence-corrected chi connectivity index (χ2v) is 4.95. The van der Waals surface area contributed by atoms with E-state index in [1.807, 2.05) is 4.90 Å². The molecule has 2 aliphatic rings. The monoisotopic (exact) mass is 210 g/mol. The third kappa shape index (κ3) is 3.20. The highest BCUT2D eigenvalue weighted by molar-refractivity contribution is 5.47. The molecule has 0 spiro atoms. The Morgan fingerprint density at radius 2 is 1.67 bits per heavy atom. The quantitative estimate of drug-likeness (QED) is 0.656. The standard InChI is InChI=1S/C12H22N2O/c15-11-14-8-4-12(5-9-14)10-13-6-2-1-3-7-13/h11-12H,1-10H2. The van der Waals surface area contributed by atoms with Gasteiger partial charge in [0.15, 0.2) is 0 Å². The number of hydrogen-bond donors (Lipinski definition) is 0. The zero-order valence-corrected chi connectivity index (χ0v) is 9.53. The van der Waals surface area contributed by atoms with Gasteiger partial charge < -0.3 is 9.80 Å². The molecule has 0 radical (unpaired) electrons. The van der Waals surface area contributed by atoms with E-state index in [0.717, 1.165) is 25.4 Å². The lowest BCUT2D eigenvalue weighted by Gasteiger charge is -2.34. The minimum absolute atomic E-state index is 0.833. The molecule has 0 aliphatic carbocycles. The zero-order valence-electron chi connectivity index (χ0n) is 9.53. The average molecular weight is 210 g/mol. The molecule has 86 valence electrons. The fraction of sp³-hybridized carbons (Fsp3) is 0.917. The van der Waals surface area contributed by atoms with Crippen molar-refractivity contribution in [2.45, 2.75) is 32.1 Å². The molecule has 3 nitrogen and oxygen atoms in total. The van der Waals surface area contributed by atoms with Gasteiger partial charge in [0.2, 0.25) is 6.41 Å². The van der Waals surface area contributed by atoms with Crippen LogP contribution in [-0.2, 0) is 4.79 Å². The van der Waals surface area contributed by atoms with Gasteiger partial charge in [-0.3, -0.25) is 4.79 Å². The molecule has 0 aromatic rings. The Kier molecular flexibility index (Phi) is 4.01. The number of hydrogen-bond acceptors (Lipinski definition) is 2. The van der Waals surface area contributed by atoms with Crippen molar-refractivity contribution in [3.63, 3.8) is 0 Å². The molecule has 0 atom stereocenters. The van der Waals surface area contributed by atoms with Crippen LogP contribution in [0.4, 0.5) is 0 Å².